The predicted molar refractivity (Wildman–Crippen MR) is 127 cm³/mol. The number of aromatic nitrogens is 2. The van der Waals surface area contributed by atoms with Gasteiger partial charge in [-0.05, 0) is 55.5 Å². The molecule has 32 heavy (non-hydrogen) atoms. The number of nitrogens with zero attached hydrogens (tertiary/aromatic N) is 3. The second-order valence-electron chi connectivity index (χ2n) is 8.45. The van der Waals surface area contributed by atoms with Gasteiger partial charge in [-0.25, -0.2) is 0 Å². The standard InChI is InChI=1S/C26H30N4O2/c1-3-20-10-12-23(13-11-20)30-25(31)15-14-24(28-30)29-16-4-5-22(18-29)26(32)27-17-21-8-6-19(2)7-9-21/h6-15,22H,3-5,16-18H2,1-2H3,(H,27,32). The van der Waals surface area contributed by atoms with Crippen LogP contribution < -0.4 is 15.8 Å². The normalized spacial score (nSPS) is 16.1. The third-order valence-electron chi connectivity index (χ3n) is 6.08. The molecular weight excluding hydrogens is 400 g/mol. The Balaban J connectivity index is 1.45. The van der Waals surface area contributed by atoms with E-state index < -0.39 is 0 Å². The summed E-state index contributed by atoms with van der Waals surface area (Å²) in [4.78, 5) is 27.4. The number of piperidine rings is 1. The molecule has 4 rings (SSSR count). The molecule has 1 N–H and O–H groups in total. The topological polar surface area (TPSA) is 67.2 Å². The smallest absolute Gasteiger partial charge is 0.271 e. The minimum atomic E-state index is -0.164. The molecule has 166 valence electrons. The SMILES string of the molecule is CCc1ccc(-n2nc(N3CCCC(C(=O)NCc4ccc(C)cc4)C3)ccc2=O)cc1. The van der Waals surface area contributed by atoms with Crippen molar-refractivity contribution < 1.29 is 4.79 Å². The van der Waals surface area contributed by atoms with Gasteiger partial charge in [0.2, 0.25) is 5.91 Å². The Morgan fingerprint density at radius 1 is 1.03 bits per heavy atom. The summed E-state index contributed by atoms with van der Waals surface area (Å²) < 4.78 is 1.44. The van der Waals surface area contributed by atoms with E-state index in [1.54, 1.807) is 12.1 Å². The number of hydrogen-bond acceptors (Lipinski definition) is 4. The summed E-state index contributed by atoms with van der Waals surface area (Å²) in [6, 6.07) is 19.4. The summed E-state index contributed by atoms with van der Waals surface area (Å²) in [6.45, 7) is 6.11. The molecule has 1 amide bonds. The van der Waals surface area contributed by atoms with Crippen LogP contribution in [0.25, 0.3) is 5.69 Å². The summed E-state index contributed by atoms with van der Waals surface area (Å²) in [5, 5.41) is 7.69. The minimum Gasteiger partial charge on any atom is -0.354 e. The van der Waals surface area contributed by atoms with Gasteiger partial charge >= 0.3 is 0 Å². The second-order valence-corrected chi connectivity index (χ2v) is 8.45. The summed E-state index contributed by atoms with van der Waals surface area (Å²) >= 11 is 0. The van der Waals surface area contributed by atoms with E-state index in [2.05, 4.69) is 41.3 Å². The van der Waals surface area contributed by atoms with Crippen LogP contribution in [-0.2, 0) is 17.8 Å². The van der Waals surface area contributed by atoms with Gasteiger partial charge in [-0.1, -0.05) is 48.9 Å². The first-order valence-corrected chi connectivity index (χ1v) is 11.3. The summed E-state index contributed by atoms with van der Waals surface area (Å²) in [5.41, 5.74) is 4.10. The number of rotatable bonds is 6. The fourth-order valence-electron chi connectivity index (χ4n) is 4.07. The van der Waals surface area contributed by atoms with Gasteiger partial charge in [-0.15, -0.1) is 5.10 Å². The van der Waals surface area contributed by atoms with Crippen molar-refractivity contribution in [1.29, 1.82) is 0 Å². The molecule has 1 fully saturated rings. The Labute approximate surface area is 188 Å². The molecule has 1 aliphatic heterocycles. The van der Waals surface area contributed by atoms with Crippen molar-refractivity contribution in [3.63, 3.8) is 0 Å². The lowest BCUT2D eigenvalue weighted by Crippen LogP contribution is -2.43. The Morgan fingerprint density at radius 3 is 2.47 bits per heavy atom. The third kappa shape index (κ3) is 5.07. The highest BCUT2D eigenvalue weighted by atomic mass is 16.2. The maximum atomic E-state index is 12.8. The van der Waals surface area contributed by atoms with Crippen LogP contribution in [0.2, 0.25) is 0 Å². The monoisotopic (exact) mass is 430 g/mol. The Kier molecular flexibility index (Phi) is 6.69. The summed E-state index contributed by atoms with van der Waals surface area (Å²) in [5.74, 6) is 0.694. The minimum absolute atomic E-state index is 0.0683. The van der Waals surface area contributed by atoms with Crippen molar-refractivity contribution in [3.05, 3.63) is 87.7 Å². The van der Waals surface area contributed by atoms with Crippen LogP contribution in [0.4, 0.5) is 5.82 Å². The number of nitrogens with one attached hydrogen (secondary N) is 1. The molecule has 3 aromatic rings. The van der Waals surface area contributed by atoms with Crippen molar-refractivity contribution in [2.75, 3.05) is 18.0 Å². The van der Waals surface area contributed by atoms with Crippen molar-refractivity contribution in [1.82, 2.24) is 15.1 Å². The summed E-state index contributed by atoms with van der Waals surface area (Å²) in [6.07, 6.45) is 2.72. The highest BCUT2D eigenvalue weighted by Gasteiger charge is 2.26. The Hall–Kier alpha value is -3.41. The van der Waals surface area contributed by atoms with Crippen LogP contribution in [0.1, 0.15) is 36.5 Å². The average molecular weight is 431 g/mol. The molecule has 2 heterocycles. The van der Waals surface area contributed by atoms with Crippen molar-refractivity contribution in [2.24, 2.45) is 5.92 Å². The number of carbonyl (C=O) groups excluding carboxylic acids is 1. The first-order valence-electron chi connectivity index (χ1n) is 11.3. The molecule has 0 radical (unpaired) electrons. The number of anilines is 1. The molecule has 0 bridgehead atoms. The van der Waals surface area contributed by atoms with E-state index in [-0.39, 0.29) is 17.4 Å². The second kappa shape index (κ2) is 9.81. The van der Waals surface area contributed by atoms with Crippen molar-refractivity contribution in [2.45, 2.75) is 39.7 Å². The maximum absolute atomic E-state index is 12.8. The molecule has 6 heteroatoms. The highest BCUT2D eigenvalue weighted by Crippen LogP contribution is 2.22. The van der Waals surface area contributed by atoms with Gasteiger partial charge < -0.3 is 10.2 Å². The Morgan fingerprint density at radius 2 is 1.75 bits per heavy atom. The fraction of sp³-hybridized carbons (Fsp3) is 0.346. The predicted octanol–water partition coefficient (Wildman–Crippen LogP) is 3.64. The van der Waals surface area contributed by atoms with Gasteiger partial charge in [0.25, 0.3) is 5.56 Å². The van der Waals surface area contributed by atoms with E-state index in [1.165, 1.54) is 15.8 Å². The first-order chi connectivity index (χ1) is 15.5. The van der Waals surface area contributed by atoms with Crippen LogP contribution in [-0.4, -0.2) is 28.8 Å². The average Bonchev–Trinajstić information content (AvgIpc) is 2.84. The van der Waals surface area contributed by atoms with Crippen LogP contribution in [0.5, 0.6) is 0 Å². The zero-order valence-corrected chi connectivity index (χ0v) is 18.8. The van der Waals surface area contributed by atoms with Crippen LogP contribution >= 0.6 is 0 Å². The number of aryl methyl sites for hydroxylation is 2. The van der Waals surface area contributed by atoms with Gasteiger partial charge in [0.15, 0.2) is 0 Å². The Bertz CT molecular complexity index is 1120. The van der Waals surface area contributed by atoms with E-state index in [4.69, 9.17) is 0 Å². The molecule has 1 unspecified atom stereocenters. The van der Waals surface area contributed by atoms with Crippen LogP contribution in [0, 0.1) is 12.8 Å². The van der Waals surface area contributed by atoms with E-state index >= 15 is 0 Å². The number of amides is 1. The van der Waals surface area contributed by atoms with Gasteiger partial charge in [-0.2, -0.15) is 4.68 Å². The van der Waals surface area contributed by atoms with Crippen LogP contribution in [0.3, 0.4) is 0 Å². The van der Waals surface area contributed by atoms with E-state index in [9.17, 15) is 9.59 Å². The van der Waals surface area contributed by atoms with Crippen molar-refractivity contribution in [3.8, 4) is 5.69 Å². The van der Waals surface area contributed by atoms with Gasteiger partial charge in [0.1, 0.15) is 5.82 Å². The largest absolute Gasteiger partial charge is 0.354 e. The maximum Gasteiger partial charge on any atom is 0.271 e. The third-order valence-corrected chi connectivity index (χ3v) is 6.08. The molecule has 1 aromatic heterocycles. The van der Waals surface area contributed by atoms with Gasteiger partial charge in [-0.3, -0.25) is 9.59 Å². The zero-order chi connectivity index (χ0) is 22.5. The lowest BCUT2D eigenvalue weighted by molar-refractivity contribution is -0.125. The van der Waals surface area contributed by atoms with Crippen LogP contribution in [0.15, 0.2) is 65.5 Å². The zero-order valence-electron chi connectivity index (χ0n) is 18.8. The lowest BCUT2D eigenvalue weighted by Gasteiger charge is -2.33. The van der Waals surface area contributed by atoms with Crippen molar-refractivity contribution >= 4 is 11.7 Å². The first kappa shape index (κ1) is 21.8. The molecule has 0 aliphatic carbocycles. The van der Waals surface area contributed by atoms with E-state index in [0.717, 1.165) is 42.9 Å². The summed E-state index contributed by atoms with van der Waals surface area (Å²) in [7, 11) is 0. The number of carbonyl (C=O) groups is 1. The molecular formula is C26H30N4O2. The van der Waals surface area contributed by atoms with E-state index in [0.29, 0.717) is 13.1 Å². The molecule has 2 aromatic carbocycles. The number of hydrogen-bond donors (Lipinski definition) is 1. The van der Waals surface area contributed by atoms with E-state index in [1.807, 2.05) is 36.4 Å². The highest BCUT2D eigenvalue weighted by molar-refractivity contribution is 5.79. The fourth-order valence-corrected chi connectivity index (χ4v) is 4.07. The molecule has 0 saturated carbocycles. The molecule has 1 aliphatic rings. The van der Waals surface area contributed by atoms with Gasteiger partial charge in [0, 0.05) is 25.7 Å². The molecule has 1 atom stereocenters. The molecule has 0 spiro atoms. The lowest BCUT2D eigenvalue weighted by atomic mass is 9.97. The van der Waals surface area contributed by atoms with Gasteiger partial charge in [0.05, 0.1) is 11.6 Å². The molecule has 6 nitrogen and oxygen atoms in total. The number of benzene rings is 2. The molecule has 1 saturated heterocycles. The quantitative estimate of drug-likeness (QED) is 0.648.